The van der Waals surface area contributed by atoms with Crippen LogP contribution in [-0.4, -0.2) is 27.5 Å². The van der Waals surface area contributed by atoms with Gasteiger partial charge in [-0.25, -0.2) is 0 Å². The van der Waals surface area contributed by atoms with Gasteiger partial charge in [-0.05, 0) is 42.1 Å². The summed E-state index contributed by atoms with van der Waals surface area (Å²) in [6, 6.07) is 0.600. The number of nitrogens with one attached hydrogen (secondary N) is 1. The summed E-state index contributed by atoms with van der Waals surface area (Å²) in [7, 11) is 0. The molecule has 1 atom stereocenters. The van der Waals surface area contributed by atoms with Crippen molar-refractivity contribution in [3.63, 3.8) is 0 Å². The minimum absolute atomic E-state index is 0.575. The molecule has 0 amide bonds. The van der Waals surface area contributed by atoms with Crippen LogP contribution in [0.2, 0.25) is 0 Å². The van der Waals surface area contributed by atoms with Gasteiger partial charge in [-0.3, -0.25) is 4.68 Å². The summed E-state index contributed by atoms with van der Waals surface area (Å²) in [5, 5.41) is 18.3. The Morgan fingerprint density at radius 3 is 2.94 bits per heavy atom. The third kappa shape index (κ3) is 3.09. The SMILES string of the molecule is CCCn1ncc(Br)c1C(C)(O)CNC1CC1. The van der Waals surface area contributed by atoms with E-state index in [1.54, 1.807) is 6.20 Å². The number of rotatable bonds is 6. The highest BCUT2D eigenvalue weighted by Crippen LogP contribution is 2.29. The molecule has 2 N–H and O–H groups in total. The quantitative estimate of drug-likeness (QED) is 0.845. The maximum atomic E-state index is 10.6. The summed E-state index contributed by atoms with van der Waals surface area (Å²) in [6.45, 7) is 5.36. The molecule has 17 heavy (non-hydrogen) atoms. The summed E-state index contributed by atoms with van der Waals surface area (Å²) in [5.74, 6) is 0. The molecule has 0 spiro atoms. The first-order valence-electron chi connectivity index (χ1n) is 6.22. The van der Waals surface area contributed by atoms with E-state index in [2.05, 4.69) is 33.3 Å². The van der Waals surface area contributed by atoms with E-state index in [9.17, 15) is 5.11 Å². The predicted molar refractivity (Wildman–Crippen MR) is 70.8 cm³/mol. The molecule has 5 heteroatoms. The molecule has 96 valence electrons. The van der Waals surface area contributed by atoms with Crippen molar-refractivity contribution in [1.29, 1.82) is 0 Å². The predicted octanol–water partition coefficient (Wildman–Crippen LogP) is 2.02. The van der Waals surface area contributed by atoms with E-state index in [-0.39, 0.29) is 0 Å². The first kappa shape index (κ1) is 13.1. The second-order valence-corrected chi connectivity index (χ2v) is 5.85. The van der Waals surface area contributed by atoms with Gasteiger partial charge in [0.15, 0.2) is 0 Å². The Labute approximate surface area is 111 Å². The van der Waals surface area contributed by atoms with Gasteiger partial charge in [0, 0.05) is 19.1 Å². The van der Waals surface area contributed by atoms with Gasteiger partial charge in [-0.2, -0.15) is 5.10 Å². The number of nitrogens with zero attached hydrogens (tertiary/aromatic N) is 2. The molecular weight excluding hydrogens is 282 g/mol. The summed E-state index contributed by atoms with van der Waals surface area (Å²) in [4.78, 5) is 0. The number of aromatic nitrogens is 2. The second-order valence-electron chi connectivity index (χ2n) is 4.99. The fourth-order valence-electron chi connectivity index (χ4n) is 1.99. The van der Waals surface area contributed by atoms with Gasteiger partial charge in [0.05, 0.1) is 16.4 Å². The van der Waals surface area contributed by atoms with Crippen LogP contribution in [0.3, 0.4) is 0 Å². The fraction of sp³-hybridized carbons (Fsp3) is 0.750. The van der Waals surface area contributed by atoms with Gasteiger partial charge in [0.2, 0.25) is 0 Å². The molecule has 0 radical (unpaired) electrons. The summed E-state index contributed by atoms with van der Waals surface area (Å²) in [6.07, 6.45) is 5.22. The largest absolute Gasteiger partial charge is 0.382 e. The molecule has 1 saturated carbocycles. The van der Waals surface area contributed by atoms with Crippen LogP contribution in [-0.2, 0) is 12.1 Å². The molecule has 1 aliphatic carbocycles. The zero-order valence-corrected chi connectivity index (χ0v) is 12.0. The summed E-state index contributed by atoms with van der Waals surface area (Å²) in [5.41, 5.74) is -0.0138. The smallest absolute Gasteiger partial charge is 0.117 e. The first-order valence-corrected chi connectivity index (χ1v) is 7.01. The third-order valence-electron chi connectivity index (χ3n) is 3.05. The monoisotopic (exact) mass is 301 g/mol. The van der Waals surface area contributed by atoms with Gasteiger partial charge in [-0.15, -0.1) is 0 Å². The van der Waals surface area contributed by atoms with E-state index in [1.807, 2.05) is 11.6 Å². The maximum absolute atomic E-state index is 10.6. The van der Waals surface area contributed by atoms with Crippen LogP contribution in [0.5, 0.6) is 0 Å². The van der Waals surface area contributed by atoms with Crippen molar-refractivity contribution in [2.45, 2.75) is 51.3 Å². The number of hydrogen-bond donors (Lipinski definition) is 2. The number of aryl methyl sites for hydroxylation is 1. The zero-order chi connectivity index (χ0) is 12.5. The Morgan fingerprint density at radius 1 is 1.65 bits per heavy atom. The van der Waals surface area contributed by atoms with Crippen molar-refractivity contribution in [3.8, 4) is 0 Å². The average molecular weight is 302 g/mol. The minimum Gasteiger partial charge on any atom is -0.382 e. The first-order chi connectivity index (χ1) is 8.04. The third-order valence-corrected chi connectivity index (χ3v) is 3.63. The Hall–Kier alpha value is -0.390. The fourth-order valence-corrected chi connectivity index (χ4v) is 2.72. The molecule has 1 aromatic rings. The van der Waals surface area contributed by atoms with Crippen molar-refractivity contribution in [1.82, 2.24) is 15.1 Å². The van der Waals surface area contributed by atoms with E-state index in [0.29, 0.717) is 12.6 Å². The molecule has 0 saturated heterocycles. The molecular formula is C12H20BrN3O. The second kappa shape index (κ2) is 5.08. The van der Waals surface area contributed by atoms with Crippen molar-refractivity contribution in [2.24, 2.45) is 0 Å². The molecule has 1 heterocycles. The highest BCUT2D eigenvalue weighted by atomic mass is 79.9. The lowest BCUT2D eigenvalue weighted by atomic mass is 10.0. The zero-order valence-electron chi connectivity index (χ0n) is 10.4. The van der Waals surface area contributed by atoms with E-state index in [1.165, 1.54) is 12.8 Å². The van der Waals surface area contributed by atoms with Gasteiger partial charge >= 0.3 is 0 Å². The lowest BCUT2D eigenvalue weighted by molar-refractivity contribution is 0.0462. The van der Waals surface area contributed by atoms with Crippen LogP contribution >= 0.6 is 15.9 Å². The average Bonchev–Trinajstić information content (AvgIpc) is 3.01. The lowest BCUT2D eigenvalue weighted by Gasteiger charge is -2.25. The Kier molecular flexibility index (Phi) is 3.90. The van der Waals surface area contributed by atoms with E-state index in [4.69, 9.17) is 0 Å². The molecule has 0 aliphatic heterocycles. The Morgan fingerprint density at radius 2 is 2.35 bits per heavy atom. The molecule has 1 fully saturated rings. The lowest BCUT2D eigenvalue weighted by Crippen LogP contribution is -2.38. The molecule has 1 aliphatic rings. The molecule has 0 aromatic carbocycles. The summed E-state index contributed by atoms with van der Waals surface area (Å²) >= 11 is 3.47. The van der Waals surface area contributed by atoms with Crippen molar-refractivity contribution in [2.75, 3.05) is 6.54 Å². The highest BCUT2D eigenvalue weighted by molar-refractivity contribution is 9.10. The van der Waals surface area contributed by atoms with Crippen LogP contribution in [0.1, 0.15) is 38.8 Å². The van der Waals surface area contributed by atoms with Gasteiger partial charge in [-0.1, -0.05) is 6.92 Å². The number of hydrogen-bond acceptors (Lipinski definition) is 3. The number of halogens is 1. The molecule has 4 nitrogen and oxygen atoms in total. The maximum Gasteiger partial charge on any atom is 0.117 e. The van der Waals surface area contributed by atoms with Crippen LogP contribution in [0.15, 0.2) is 10.7 Å². The van der Waals surface area contributed by atoms with E-state index in [0.717, 1.165) is 23.1 Å². The molecule has 1 unspecified atom stereocenters. The standard InChI is InChI=1S/C12H20BrN3O/c1-3-6-16-11(10(13)7-15-16)12(2,17)8-14-9-4-5-9/h7,9,14,17H,3-6,8H2,1-2H3. The van der Waals surface area contributed by atoms with E-state index >= 15 is 0 Å². The van der Waals surface area contributed by atoms with E-state index < -0.39 is 5.60 Å². The van der Waals surface area contributed by atoms with Gasteiger partial charge in [0.1, 0.15) is 5.60 Å². The minimum atomic E-state index is -0.882. The highest BCUT2D eigenvalue weighted by Gasteiger charge is 2.32. The summed E-state index contributed by atoms with van der Waals surface area (Å²) < 4.78 is 2.77. The molecule has 2 rings (SSSR count). The van der Waals surface area contributed by atoms with Crippen LogP contribution in [0.25, 0.3) is 0 Å². The van der Waals surface area contributed by atoms with Crippen LogP contribution in [0.4, 0.5) is 0 Å². The van der Waals surface area contributed by atoms with Crippen LogP contribution < -0.4 is 5.32 Å². The van der Waals surface area contributed by atoms with Gasteiger partial charge < -0.3 is 10.4 Å². The Balaban J connectivity index is 2.13. The van der Waals surface area contributed by atoms with Crippen molar-refractivity contribution >= 4 is 15.9 Å². The van der Waals surface area contributed by atoms with Crippen molar-refractivity contribution in [3.05, 3.63) is 16.4 Å². The van der Waals surface area contributed by atoms with Crippen LogP contribution in [0, 0.1) is 0 Å². The molecule has 1 aromatic heterocycles. The Bertz CT molecular complexity index is 385. The normalized spacial score (nSPS) is 19.3. The van der Waals surface area contributed by atoms with Crippen molar-refractivity contribution < 1.29 is 5.11 Å². The number of aliphatic hydroxyl groups is 1. The molecule has 0 bridgehead atoms. The van der Waals surface area contributed by atoms with Gasteiger partial charge in [0.25, 0.3) is 0 Å². The topological polar surface area (TPSA) is 50.1 Å².